The molecule has 0 heterocycles. The Labute approximate surface area is 79.3 Å². The van der Waals surface area contributed by atoms with Gasteiger partial charge >= 0.3 is 0 Å². The van der Waals surface area contributed by atoms with E-state index in [1.807, 2.05) is 13.8 Å². The van der Waals surface area contributed by atoms with Gasteiger partial charge in [-0.3, -0.25) is 4.79 Å². The number of carbonyl (C=O) groups is 1. The minimum absolute atomic E-state index is 0.0796. The monoisotopic (exact) mass is 182 g/mol. The fourth-order valence-electron chi connectivity index (χ4n) is 3.19. The van der Waals surface area contributed by atoms with Crippen LogP contribution in [-0.2, 0) is 4.79 Å². The summed E-state index contributed by atoms with van der Waals surface area (Å²) < 4.78 is 0. The van der Waals surface area contributed by atoms with Crippen LogP contribution in [0.1, 0.15) is 46.0 Å². The maximum absolute atomic E-state index is 11.9. The zero-order valence-corrected chi connectivity index (χ0v) is 8.47. The quantitative estimate of drug-likeness (QED) is 0.621. The van der Waals surface area contributed by atoms with E-state index >= 15 is 0 Å². The van der Waals surface area contributed by atoms with Crippen LogP contribution in [0.5, 0.6) is 0 Å². The molecule has 2 aliphatic carbocycles. The van der Waals surface area contributed by atoms with Crippen LogP contribution in [0.3, 0.4) is 0 Å². The number of fused-ring (bicyclic) bond motifs is 2. The van der Waals surface area contributed by atoms with E-state index in [-0.39, 0.29) is 11.2 Å². The van der Waals surface area contributed by atoms with Crippen LogP contribution in [0.25, 0.3) is 0 Å². The maximum atomic E-state index is 11.9. The minimum Gasteiger partial charge on any atom is -0.382 e. The number of ketones is 1. The van der Waals surface area contributed by atoms with E-state index in [0.717, 1.165) is 19.3 Å². The molecule has 0 amide bonds. The lowest BCUT2D eigenvalue weighted by molar-refractivity contribution is -0.160. The Morgan fingerprint density at radius 3 is 2.77 bits per heavy atom. The summed E-state index contributed by atoms with van der Waals surface area (Å²) >= 11 is 0. The predicted molar refractivity (Wildman–Crippen MR) is 50.3 cm³/mol. The van der Waals surface area contributed by atoms with Gasteiger partial charge in [0.15, 0.2) is 5.78 Å². The average Bonchev–Trinajstić information content (AvgIpc) is 2.00. The number of carbonyl (C=O) groups excluding carboxylic acids is 1. The number of Topliss-reactive ketones (excluding diaryl/α,β-unsaturated/α-hetero) is 1. The van der Waals surface area contributed by atoms with Gasteiger partial charge in [0, 0.05) is 5.41 Å². The van der Waals surface area contributed by atoms with E-state index in [0.29, 0.717) is 12.3 Å². The summed E-state index contributed by atoms with van der Waals surface area (Å²) in [5, 5.41) is 10.2. The van der Waals surface area contributed by atoms with Crippen molar-refractivity contribution in [2.45, 2.75) is 51.6 Å². The Balaban J connectivity index is 2.31. The lowest BCUT2D eigenvalue weighted by atomic mass is 9.59. The first kappa shape index (κ1) is 9.20. The summed E-state index contributed by atoms with van der Waals surface area (Å²) in [5.41, 5.74) is -1.26. The summed E-state index contributed by atoms with van der Waals surface area (Å²) in [5.74, 6) is 0.655. The molecule has 1 N–H and O–H groups in total. The molecular weight excluding hydrogens is 164 g/mol. The third-order valence-corrected chi connectivity index (χ3v) is 3.67. The van der Waals surface area contributed by atoms with Crippen molar-refractivity contribution in [1.29, 1.82) is 0 Å². The Bertz CT molecular complexity index is 242. The molecule has 0 spiro atoms. The Morgan fingerprint density at radius 1 is 1.38 bits per heavy atom. The van der Waals surface area contributed by atoms with Gasteiger partial charge in [-0.2, -0.15) is 0 Å². The second kappa shape index (κ2) is 2.57. The molecule has 0 radical (unpaired) electrons. The maximum Gasteiger partial charge on any atom is 0.169 e. The van der Waals surface area contributed by atoms with Crippen molar-refractivity contribution in [3.05, 3.63) is 0 Å². The number of rotatable bonds is 0. The van der Waals surface area contributed by atoms with Gasteiger partial charge in [-0.25, -0.2) is 0 Å². The topological polar surface area (TPSA) is 37.3 Å². The molecule has 2 nitrogen and oxygen atoms in total. The van der Waals surface area contributed by atoms with Crippen molar-refractivity contribution in [1.82, 2.24) is 0 Å². The molecule has 0 saturated heterocycles. The highest BCUT2D eigenvalue weighted by Crippen LogP contribution is 2.47. The van der Waals surface area contributed by atoms with Gasteiger partial charge < -0.3 is 5.11 Å². The molecule has 2 heteroatoms. The molecule has 0 aliphatic heterocycles. The second-order valence-electron chi connectivity index (χ2n) is 5.41. The zero-order chi connectivity index (χ0) is 9.69. The van der Waals surface area contributed by atoms with Crippen molar-refractivity contribution < 1.29 is 9.90 Å². The Morgan fingerprint density at radius 2 is 2.08 bits per heavy atom. The van der Waals surface area contributed by atoms with Crippen LogP contribution in [-0.4, -0.2) is 16.5 Å². The van der Waals surface area contributed by atoms with Crippen LogP contribution >= 0.6 is 0 Å². The third kappa shape index (κ3) is 1.32. The van der Waals surface area contributed by atoms with Crippen LogP contribution in [0.15, 0.2) is 0 Å². The first-order valence-corrected chi connectivity index (χ1v) is 5.21. The highest BCUT2D eigenvalue weighted by molar-refractivity contribution is 5.92. The molecule has 74 valence electrons. The summed E-state index contributed by atoms with van der Waals surface area (Å²) in [4.78, 5) is 11.9. The highest BCUT2D eigenvalue weighted by Gasteiger charge is 2.52. The first-order chi connectivity index (χ1) is 5.94. The highest BCUT2D eigenvalue weighted by atomic mass is 16.3. The van der Waals surface area contributed by atoms with E-state index in [4.69, 9.17) is 0 Å². The molecule has 2 saturated carbocycles. The van der Waals surface area contributed by atoms with Crippen LogP contribution in [0.2, 0.25) is 0 Å². The average molecular weight is 182 g/mol. The lowest BCUT2D eigenvalue weighted by Gasteiger charge is -2.47. The number of hydrogen-bond acceptors (Lipinski definition) is 2. The van der Waals surface area contributed by atoms with Crippen molar-refractivity contribution in [2.75, 3.05) is 0 Å². The van der Waals surface area contributed by atoms with Crippen LogP contribution in [0, 0.1) is 11.3 Å². The molecule has 2 unspecified atom stereocenters. The van der Waals surface area contributed by atoms with E-state index in [2.05, 4.69) is 0 Å². The second-order valence-corrected chi connectivity index (χ2v) is 5.41. The molecule has 0 aromatic heterocycles. The van der Waals surface area contributed by atoms with E-state index in [1.165, 1.54) is 6.42 Å². The predicted octanol–water partition coefficient (Wildman–Crippen LogP) is 1.91. The van der Waals surface area contributed by atoms with Gasteiger partial charge in [0.2, 0.25) is 0 Å². The standard InChI is InChI=1S/C11H18O2/c1-10(2)6-8-4-3-5-11(13,7-8)9(10)12/h8,13H,3-7H2,1-2H3. The largest absolute Gasteiger partial charge is 0.382 e. The van der Waals surface area contributed by atoms with E-state index in [1.54, 1.807) is 0 Å². The smallest absolute Gasteiger partial charge is 0.169 e. The number of aliphatic hydroxyl groups is 1. The molecule has 0 aromatic carbocycles. The van der Waals surface area contributed by atoms with Crippen molar-refractivity contribution in [3.63, 3.8) is 0 Å². The Kier molecular flexibility index (Phi) is 1.82. The minimum atomic E-state index is -0.968. The first-order valence-electron chi connectivity index (χ1n) is 5.21. The Hall–Kier alpha value is -0.370. The van der Waals surface area contributed by atoms with Crippen LogP contribution in [0.4, 0.5) is 0 Å². The van der Waals surface area contributed by atoms with Crippen molar-refractivity contribution in [3.8, 4) is 0 Å². The van der Waals surface area contributed by atoms with Gasteiger partial charge in [-0.1, -0.05) is 20.3 Å². The molecule has 13 heavy (non-hydrogen) atoms. The lowest BCUT2D eigenvalue weighted by Crippen LogP contribution is -2.54. The van der Waals surface area contributed by atoms with Crippen molar-refractivity contribution >= 4 is 5.78 Å². The van der Waals surface area contributed by atoms with E-state index in [9.17, 15) is 9.90 Å². The van der Waals surface area contributed by atoms with Gasteiger partial charge in [0.25, 0.3) is 0 Å². The molecule has 2 rings (SSSR count). The normalized spacial score (nSPS) is 43.3. The summed E-state index contributed by atoms with van der Waals surface area (Å²) in [6.07, 6.45) is 4.58. The molecule has 0 aromatic rings. The van der Waals surface area contributed by atoms with Gasteiger partial charge in [0.05, 0.1) is 0 Å². The van der Waals surface area contributed by atoms with E-state index < -0.39 is 5.60 Å². The number of hydrogen-bond donors (Lipinski definition) is 1. The van der Waals surface area contributed by atoms with Gasteiger partial charge in [-0.15, -0.1) is 0 Å². The molecule has 2 bridgehead atoms. The van der Waals surface area contributed by atoms with Gasteiger partial charge in [-0.05, 0) is 31.6 Å². The van der Waals surface area contributed by atoms with Crippen LogP contribution < -0.4 is 0 Å². The fraction of sp³-hybridized carbons (Fsp3) is 0.909. The fourth-order valence-corrected chi connectivity index (χ4v) is 3.19. The molecular formula is C11H18O2. The molecule has 2 fully saturated rings. The van der Waals surface area contributed by atoms with Crippen molar-refractivity contribution in [2.24, 2.45) is 11.3 Å². The summed E-state index contributed by atoms with van der Waals surface area (Å²) in [6, 6.07) is 0. The SMILES string of the molecule is CC1(C)CC2CCCC(O)(C2)C1=O. The molecule has 2 aliphatic rings. The summed E-state index contributed by atoms with van der Waals surface area (Å²) in [7, 11) is 0. The molecule has 2 atom stereocenters. The zero-order valence-electron chi connectivity index (χ0n) is 8.47. The van der Waals surface area contributed by atoms with Gasteiger partial charge in [0.1, 0.15) is 5.60 Å². The summed E-state index contributed by atoms with van der Waals surface area (Å²) in [6.45, 7) is 3.94. The third-order valence-electron chi connectivity index (χ3n) is 3.67.